The maximum Gasteiger partial charge on any atom is 0.166 e. The number of hydrogen-bond acceptors (Lipinski definition) is 1. The molecule has 1 aliphatic rings. The molecule has 0 saturated heterocycles. The Kier molecular flexibility index (Phi) is 4.23. The molecule has 1 aliphatic carbocycles. The minimum atomic E-state index is -1.02. The minimum Gasteiger partial charge on any atom is -0.388 e. The van der Waals surface area contributed by atoms with E-state index in [1.54, 1.807) is 0 Å². The molecule has 1 fully saturated rings. The summed E-state index contributed by atoms with van der Waals surface area (Å²) in [6.07, 6.45) is 2.66. The Morgan fingerprint density at radius 2 is 1.83 bits per heavy atom. The number of halogens is 3. The van der Waals surface area contributed by atoms with Gasteiger partial charge < -0.3 is 5.11 Å². The summed E-state index contributed by atoms with van der Waals surface area (Å²) in [7, 11) is 0. The van der Waals surface area contributed by atoms with Gasteiger partial charge >= 0.3 is 0 Å². The predicted octanol–water partition coefficient (Wildman–Crippen LogP) is 4.48. The van der Waals surface area contributed by atoms with Crippen LogP contribution in [0.3, 0.4) is 0 Å². The molecular formula is C14H17ClF2O. The quantitative estimate of drug-likeness (QED) is 0.789. The van der Waals surface area contributed by atoms with E-state index in [0.29, 0.717) is 5.92 Å². The molecule has 1 atom stereocenters. The van der Waals surface area contributed by atoms with E-state index in [2.05, 4.69) is 6.92 Å². The van der Waals surface area contributed by atoms with Gasteiger partial charge in [0.1, 0.15) is 0 Å². The van der Waals surface area contributed by atoms with Crippen LogP contribution in [0.25, 0.3) is 0 Å². The van der Waals surface area contributed by atoms with Gasteiger partial charge in [0.05, 0.1) is 6.10 Å². The van der Waals surface area contributed by atoms with Gasteiger partial charge in [-0.25, -0.2) is 8.78 Å². The molecule has 0 aromatic heterocycles. The number of rotatable bonds is 2. The average molecular weight is 275 g/mol. The number of aliphatic hydroxyl groups is 1. The Morgan fingerprint density at radius 3 is 2.44 bits per heavy atom. The van der Waals surface area contributed by atoms with E-state index in [1.807, 2.05) is 0 Å². The van der Waals surface area contributed by atoms with Gasteiger partial charge in [0.25, 0.3) is 0 Å². The maximum atomic E-state index is 13.7. The van der Waals surface area contributed by atoms with Gasteiger partial charge in [-0.05, 0) is 36.8 Å². The van der Waals surface area contributed by atoms with Crippen molar-refractivity contribution in [3.05, 3.63) is 34.4 Å². The molecule has 1 nitrogen and oxygen atoms in total. The summed E-state index contributed by atoms with van der Waals surface area (Å²) in [6, 6.07) is 2.28. The first-order chi connectivity index (χ1) is 8.50. The van der Waals surface area contributed by atoms with Crippen LogP contribution < -0.4 is 0 Å². The van der Waals surface area contributed by atoms with Crippen LogP contribution in [0.15, 0.2) is 12.1 Å². The van der Waals surface area contributed by atoms with Crippen LogP contribution in [0.2, 0.25) is 5.02 Å². The third kappa shape index (κ3) is 2.67. The first-order valence-electron chi connectivity index (χ1n) is 6.32. The smallest absolute Gasteiger partial charge is 0.166 e. The highest BCUT2D eigenvalue weighted by Gasteiger charge is 2.30. The second kappa shape index (κ2) is 5.54. The van der Waals surface area contributed by atoms with Crippen LogP contribution >= 0.6 is 11.6 Å². The summed E-state index contributed by atoms with van der Waals surface area (Å²) in [4.78, 5) is 0. The van der Waals surface area contributed by atoms with Gasteiger partial charge in [-0.3, -0.25) is 0 Å². The topological polar surface area (TPSA) is 20.2 Å². The highest BCUT2D eigenvalue weighted by molar-refractivity contribution is 6.31. The van der Waals surface area contributed by atoms with Crippen molar-refractivity contribution in [2.24, 2.45) is 11.8 Å². The predicted molar refractivity (Wildman–Crippen MR) is 67.4 cm³/mol. The Balaban J connectivity index is 2.23. The molecule has 18 heavy (non-hydrogen) atoms. The molecule has 0 aliphatic heterocycles. The summed E-state index contributed by atoms with van der Waals surface area (Å²) >= 11 is 5.88. The molecule has 1 aromatic carbocycles. The largest absolute Gasteiger partial charge is 0.388 e. The average Bonchev–Trinajstić information content (AvgIpc) is 2.35. The lowest BCUT2D eigenvalue weighted by molar-refractivity contribution is 0.0721. The van der Waals surface area contributed by atoms with Crippen molar-refractivity contribution in [1.29, 1.82) is 0 Å². The van der Waals surface area contributed by atoms with Crippen LogP contribution in [0.5, 0.6) is 0 Å². The fourth-order valence-corrected chi connectivity index (χ4v) is 2.91. The van der Waals surface area contributed by atoms with E-state index in [-0.39, 0.29) is 16.5 Å². The van der Waals surface area contributed by atoms with E-state index in [0.717, 1.165) is 31.7 Å². The molecule has 100 valence electrons. The van der Waals surface area contributed by atoms with E-state index in [4.69, 9.17) is 11.6 Å². The normalized spacial score (nSPS) is 26.1. The lowest BCUT2D eigenvalue weighted by Gasteiger charge is -2.30. The standard InChI is InChI=1S/C14H17ClF2O/c1-8-2-4-9(5-3-8)14(18)12-10(15)6-7-11(16)13(12)17/h6-9,14,18H,2-5H2,1H3. The molecule has 2 rings (SSSR count). The van der Waals surface area contributed by atoms with Crippen LogP contribution in [-0.2, 0) is 0 Å². The number of hydrogen-bond donors (Lipinski definition) is 1. The van der Waals surface area contributed by atoms with E-state index >= 15 is 0 Å². The van der Waals surface area contributed by atoms with Gasteiger partial charge in [0, 0.05) is 10.6 Å². The van der Waals surface area contributed by atoms with Gasteiger partial charge in [-0.1, -0.05) is 31.4 Å². The Labute approximate surface area is 111 Å². The SMILES string of the molecule is CC1CCC(C(O)c2c(Cl)ccc(F)c2F)CC1. The van der Waals surface area contributed by atoms with Crippen molar-refractivity contribution >= 4 is 11.6 Å². The van der Waals surface area contributed by atoms with Crippen LogP contribution in [-0.4, -0.2) is 5.11 Å². The van der Waals surface area contributed by atoms with Crippen molar-refractivity contribution in [1.82, 2.24) is 0 Å². The molecule has 1 unspecified atom stereocenters. The van der Waals surface area contributed by atoms with E-state index < -0.39 is 17.7 Å². The maximum absolute atomic E-state index is 13.7. The summed E-state index contributed by atoms with van der Waals surface area (Å²) in [5.74, 6) is -1.37. The number of benzene rings is 1. The molecule has 0 bridgehead atoms. The second-order valence-electron chi connectivity index (χ2n) is 5.22. The summed E-state index contributed by atoms with van der Waals surface area (Å²) in [5, 5.41) is 10.3. The molecule has 0 amide bonds. The second-order valence-corrected chi connectivity index (χ2v) is 5.63. The van der Waals surface area contributed by atoms with Crippen LogP contribution in [0.4, 0.5) is 8.78 Å². The summed E-state index contributed by atoms with van der Waals surface area (Å²) < 4.78 is 26.9. The summed E-state index contributed by atoms with van der Waals surface area (Å²) in [5.41, 5.74) is -0.0868. The van der Waals surface area contributed by atoms with Crippen molar-refractivity contribution < 1.29 is 13.9 Å². The Hall–Kier alpha value is -0.670. The zero-order valence-corrected chi connectivity index (χ0v) is 11.1. The third-order valence-corrected chi connectivity index (χ3v) is 4.21. The van der Waals surface area contributed by atoms with Gasteiger partial charge in [0.15, 0.2) is 11.6 Å². The van der Waals surface area contributed by atoms with E-state index in [1.165, 1.54) is 6.07 Å². The number of aliphatic hydroxyl groups excluding tert-OH is 1. The molecule has 1 saturated carbocycles. The van der Waals surface area contributed by atoms with Crippen molar-refractivity contribution in [3.63, 3.8) is 0 Å². The summed E-state index contributed by atoms with van der Waals surface area (Å²) in [6.45, 7) is 2.17. The molecular weight excluding hydrogens is 258 g/mol. The zero-order valence-electron chi connectivity index (χ0n) is 10.3. The van der Waals surface area contributed by atoms with E-state index in [9.17, 15) is 13.9 Å². The van der Waals surface area contributed by atoms with Crippen LogP contribution in [0.1, 0.15) is 44.3 Å². The zero-order chi connectivity index (χ0) is 13.3. The monoisotopic (exact) mass is 274 g/mol. The van der Waals surface area contributed by atoms with Gasteiger partial charge in [-0.15, -0.1) is 0 Å². The Bertz CT molecular complexity index is 428. The lowest BCUT2D eigenvalue weighted by atomic mass is 9.78. The molecule has 1 N–H and O–H groups in total. The third-order valence-electron chi connectivity index (χ3n) is 3.88. The molecule has 0 heterocycles. The molecule has 0 spiro atoms. The van der Waals surface area contributed by atoms with Crippen LogP contribution in [0, 0.1) is 23.5 Å². The van der Waals surface area contributed by atoms with Crippen molar-refractivity contribution in [3.8, 4) is 0 Å². The van der Waals surface area contributed by atoms with Crippen molar-refractivity contribution in [2.75, 3.05) is 0 Å². The lowest BCUT2D eigenvalue weighted by Crippen LogP contribution is -2.20. The molecule has 1 aromatic rings. The fraction of sp³-hybridized carbons (Fsp3) is 0.571. The minimum absolute atomic E-state index is 0.0324. The molecule has 0 radical (unpaired) electrons. The van der Waals surface area contributed by atoms with Crippen molar-refractivity contribution in [2.45, 2.75) is 38.7 Å². The van der Waals surface area contributed by atoms with Gasteiger partial charge in [0.2, 0.25) is 0 Å². The highest BCUT2D eigenvalue weighted by Crippen LogP contribution is 2.40. The fourth-order valence-electron chi connectivity index (χ4n) is 2.65. The van der Waals surface area contributed by atoms with Gasteiger partial charge in [-0.2, -0.15) is 0 Å². The first-order valence-corrected chi connectivity index (χ1v) is 6.70. The highest BCUT2D eigenvalue weighted by atomic mass is 35.5. The first kappa shape index (κ1) is 13.8. The molecule has 4 heteroatoms. The Morgan fingerprint density at radius 1 is 1.22 bits per heavy atom.